The molecule has 2 aromatic heterocycles. The van der Waals surface area contributed by atoms with Gasteiger partial charge < -0.3 is 9.84 Å². The number of aromatic nitrogens is 2. The second kappa shape index (κ2) is 7.18. The minimum Gasteiger partial charge on any atom is -0.504 e. The van der Waals surface area contributed by atoms with Gasteiger partial charge >= 0.3 is 0 Å². The van der Waals surface area contributed by atoms with E-state index in [0.717, 1.165) is 10.4 Å². The first kappa shape index (κ1) is 16.1. The number of aromatic amines is 1. The molecule has 6 nitrogen and oxygen atoms in total. The molecule has 0 saturated heterocycles. The Balaban J connectivity index is 1.71. The van der Waals surface area contributed by atoms with Gasteiger partial charge in [0.1, 0.15) is 5.82 Å². The van der Waals surface area contributed by atoms with Crippen LogP contribution >= 0.6 is 11.3 Å². The first-order valence-corrected chi connectivity index (χ1v) is 8.26. The molecular formula is C17H17N3O3S. The van der Waals surface area contributed by atoms with Crippen molar-refractivity contribution in [2.45, 2.75) is 13.5 Å². The van der Waals surface area contributed by atoms with Crippen molar-refractivity contribution in [3.63, 3.8) is 0 Å². The maximum absolute atomic E-state index is 12.6. The topological polar surface area (TPSA) is 78.5 Å². The second-order valence-corrected chi connectivity index (χ2v) is 6.29. The molecule has 0 aliphatic heterocycles. The Kier molecular flexibility index (Phi) is 4.81. The van der Waals surface area contributed by atoms with Crippen LogP contribution in [-0.4, -0.2) is 27.8 Å². The van der Waals surface area contributed by atoms with E-state index in [4.69, 9.17) is 4.74 Å². The number of carbonyl (C=O) groups excluding carboxylic acids is 1. The molecule has 24 heavy (non-hydrogen) atoms. The molecule has 0 spiro atoms. The number of aromatic hydroxyl groups is 1. The van der Waals surface area contributed by atoms with E-state index in [1.807, 2.05) is 30.5 Å². The lowest BCUT2D eigenvalue weighted by molar-refractivity contribution is -0.120. The molecule has 0 saturated carbocycles. The number of phenolic OH excluding ortho intramolecular Hbond substituents is 1. The number of hydrogen-bond donors (Lipinski definition) is 2. The Labute approximate surface area is 143 Å². The highest BCUT2D eigenvalue weighted by Gasteiger charge is 2.19. The first-order valence-electron chi connectivity index (χ1n) is 7.38. The van der Waals surface area contributed by atoms with Crippen molar-refractivity contribution in [2.75, 3.05) is 11.5 Å². The van der Waals surface area contributed by atoms with Gasteiger partial charge in [-0.2, -0.15) is 5.10 Å². The highest BCUT2D eigenvalue weighted by atomic mass is 32.1. The lowest BCUT2D eigenvalue weighted by Gasteiger charge is -2.20. The standard InChI is InChI=1S/C17H17N3O3S/c1-12-4-5-15(14(21)9-12)23-11-17(22)20(16-6-7-18-19-16)10-13-3-2-8-24-13/h2-9,21H,10-11H2,1H3,(H,18,19). The van der Waals surface area contributed by atoms with Crippen LogP contribution in [-0.2, 0) is 11.3 Å². The zero-order valence-corrected chi connectivity index (χ0v) is 13.9. The van der Waals surface area contributed by atoms with Crippen LogP contribution in [0.25, 0.3) is 0 Å². The summed E-state index contributed by atoms with van der Waals surface area (Å²) in [6.07, 6.45) is 1.59. The van der Waals surface area contributed by atoms with Crippen LogP contribution in [0.3, 0.4) is 0 Å². The fraction of sp³-hybridized carbons (Fsp3) is 0.176. The molecule has 0 atom stereocenters. The van der Waals surface area contributed by atoms with E-state index < -0.39 is 0 Å². The fourth-order valence-electron chi connectivity index (χ4n) is 2.23. The van der Waals surface area contributed by atoms with E-state index in [1.54, 1.807) is 40.6 Å². The molecule has 0 fully saturated rings. The Morgan fingerprint density at radius 2 is 2.25 bits per heavy atom. The van der Waals surface area contributed by atoms with Gasteiger partial charge in [0.05, 0.1) is 12.7 Å². The third-order valence-electron chi connectivity index (χ3n) is 3.44. The summed E-state index contributed by atoms with van der Waals surface area (Å²) in [5, 5.41) is 18.5. The van der Waals surface area contributed by atoms with Crippen LogP contribution in [0.5, 0.6) is 11.5 Å². The summed E-state index contributed by atoms with van der Waals surface area (Å²) in [5.41, 5.74) is 0.919. The number of phenols is 1. The molecule has 1 aromatic carbocycles. The van der Waals surface area contributed by atoms with Gasteiger partial charge in [-0.15, -0.1) is 11.3 Å². The summed E-state index contributed by atoms with van der Waals surface area (Å²) in [4.78, 5) is 15.2. The average molecular weight is 343 g/mol. The number of nitrogens with one attached hydrogen (secondary N) is 1. The van der Waals surface area contributed by atoms with Gasteiger partial charge in [-0.25, -0.2) is 0 Å². The van der Waals surface area contributed by atoms with E-state index in [9.17, 15) is 9.90 Å². The third kappa shape index (κ3) is 3.75. The van der Waals surface area contributed by atoms with Gasteiger partial charge in [-0.05, 0) is 36.1 Å². The summed E-state index contributed by atoms with van der Waals surface area (Å²) in [5.74, 6) is 0.682. The predicted molar refractivity (Wildman–Crippen MR) is 92.4 cm³/mol. The smallest absolute Gasteiger partial charge is 0.266 e. The van der Waals surface area contributed by atoms with Crippen LogP contribution in [0, 0.1) is 6.92 Å². The van der Waals surface area contributed by atoms with Crippen molar-refractivity contribution in [3.8, 4) is 11.5 Å². The minimum atomic E-state index is -0.229. The zero-order valence-electron chi connectivity index (χ0n) is 13.1. The molecule has 3 rings (SSSR count). The highest BCUT2D eigenvalue weighted by molar-refractivity contribution is 7.09. The lowest BCUT2D eigenvalue weighted by Crippen LogP contribution is -2.34. The van der Waals surface area contributed by atoms with Crippen LogP contribution in [0.4, 0.5) is 5.82 Å². The van der Waals surface area contributed by atoms with Gasteiger partial charge in [0.15, 0.2) is 18.1 Å². The molecule has 0 aliphatic carbocycles. The average Bonchev–Trinajstić information content (AvgIpc) is 3.25. The molecule has 0 aliphatic rings. The molecule has 0 bridgehead atoms. The number of carbonyl (C=O) groups is 1. The van der Waals surface area contributed by atoms with Gasteiger partial charge in [0.25, 0.3) is 5.91 Å². The minimum absolute atomic E-state index is 0.0224. The quantitative estimate of drug-likeness (QED) is 0.721. The third-order valence-corrected chi connectivity index (χ3v) is 4.30. The van der Waals surface area contributed by atoms with Gasteiger partial charge in [-0.1, -0.05) is 12.1 Å². The number of amides is 1. The SMILES string of the molecule is Cc1ccc(OCC(=O)N(Cc2cccs2)c2ccn[nH]2)c(O)c1. The Morgan fingerprint density at radius 3 is 2.92 bits per heavy atom. The van der Waals surface area contributed by atoms with E-state index in [1.165, 1.54) is 0 Å². The van der Waals surface area contributed by atoms with Crippen LogP contribution in [0.15, 0.2) is 48.0 Å². The van der Waals surface area contributed by atoms with Gasteiger partial charge in [0, 0.05) is 10.9 Å². The van der Waals surface area contributed by atoms with Gasteiger partial charge in [0.2, 0.25) is 0 Å². The van der Waals surface area contributed by atoms with E-state index >= 15 is 0 Å². The van der Waals surface area contributed by atoms with Crippen molar-refractivity contribution in [2.24, 2.45) is 0 Å². The number of benzene rings is 1. The van der Waals surface area contributed by atoms with Crippen molar-refractivity contribution >= 4 is 23.1 Å². The molecule has 0 unspecified atom stereocenters. The summed E-state index contributed by atoms with van der Waals surface area (Å²) >= 11 is 1.58. The highest BCUT2D eigenvalue weighted by Crippen LogP contribution is 2.26. The summed E-state index contributed by atoms with van der Waals surface area (Å²) in [6, 6.07) is 10.7. The summed E-state index contributed by atoms with van der Waals surface area (Å²) in [6.45, 7) is 2.12. The molecule has 7 heteroatoms. The number of thiophene rings is 1. The van der Waals surface area contributed by atoms with Crippen LogP contribution < -0.4 is 9.64 Å². The second-order valence-electron chi connectivity index (χ2n) is 5.26. The Hall–Kier alpha value is -2.80. The number of nitrogens with zero attached hydrogens (tertiary/aromatic N) is 2. The lowest BCUT2D eigenvalue weighted by atomic mass is 10.2. The van der Waals surface area contributed by atoms with Crippen LogP contribution in [0.1, 0.15) is 10.4 Å². The number of rotatable bonds is 6. The number of anilines is 1. The molecule has 3 aromatic rings. The normalized spacial score (nSPS) is 10.5. The number of H-pyrrole nitrogens is 1. The van der Waals surface area contributed by atoms with Crippen LogP contribution in [0.2, 0.25) is 0 Å². The van der Waals surface area contributed by atoms with Gasteiger partial charge in [-0.3, -0.25) is 14.8 Å². The largest absolute Gasteiger partial charge is 0.504 e. The summed E-state index contributed by atoms with van der Waals surface area (Å²) in [7, 11) is 0. The van der Waals surface area contributed by atoms with Crippen molar-refractivity contribution in [1.29, 1.82) is 0 Å². The van der Waals surface area contributed by atoms with Crippen molar-refractivity contribution < 1.29 is 14.6 Å². The molecule has 2 heterocycles. The maximum atomic E-state index is 12.6. The van der Waals surface area contributed by atoms with Crippen molar-refractivity contribution in [1.82, 2.24) is 10.2 Å². The maximum Gasteiger partial charge on any atom is 0.266 e. The molecular weight excluding hydrogens is 326 g/mol. The Morgan fingerprint density at radius 1 is 1.38 bits per heavy atom. The summed E-state index contributed by atoms with van der Waals surface area (Å²) < 4.78 is 5.48. The molecule has 2 N–H and O–H groups in total. The predicted octanol–water partition coefficient (Wildman–Crippen LogP) is 3.10. The molecule has 0 radical (unpaired) electrons. The van der Waals surface area contributed by atoms with E-state index in [0.29, 0.717) is 12.4 Å². The number of hydrogen-bond acceptors (Lipinski definition) is 5. The van der Waals surface area contributed by atoms with E-state index in [-0.39, 0.29) is 24.0 Å². The van der Waals surface area contributed by atoms with Crippen molar-refractivity contribution in [3.05, 3.63) is 58.4 Å². The first-order chi connectivity index (χ1) is 11.6. The fourth-order valence-corrected chi connectivity index (χ4v) is 2.92. The number of ether oxygens (including phenoxy) is 1. The monoisotopic (exact) mass is 343 g/mol. The molecule has 124 valence electrons. The number of aryl methyl sites for hydroxylation is 1. The Bertz CT molecular complexity index is 801. The van der Waals surface area contributed by atoms with E-state index in [2.05, 4.69) is 10.2 Å². The zero-order chi connectivity index (χ0) is 16.9. The molecule has 1 amide bonds.